The van der Waals surface area contributed by atoms with E-state index in [1.807, 2.05) is 30.3 Å². The van der Waals surface area contributed by atoms with Gasteiger partial charge in [-0.25, -0.2) is 4.39 Å². The minimum atomic E-state index is -0.728. The molecule has 23 heavy (non-hydrogen) atoms. The molecule has 2 aromatic carbocycles. The highest BCUT2D eigenvalue weighted by Crippen LogP contribution is 2.24. The van der Waals surface area contributed by atoms with E-state index in [1.165, 1.54) is 18.2 Å². The monoisotopic (exact) mass is 315 g/mol. The number of nitrogens with zero attached hydrogens (tertiary/aromatic N) is 1. The Hall–Kier alpha value is -2.40. The van der Waals surface area contributed by atoms with Crippen molar-refractivity contribution in [1.29, 1.82) is 0 Å². The highest BCUT2D eigenvalue weighted by molar-refractivity contribution is 5.79. The molecule has 1 saturated heterocycles. The van der Waals surface area contributed by atoms with Crippen LogP contribution in [0, 0.1) is 5.82 Å². The summed E-state index contributed by atoms with van der Waals surface area (Å²) in [5.74, 6) is -1.33. The standard InChI is InChI=1S/C18H18FNO3/c19-18-14(7-4-8-15(18)21)11-17(22)20-9-10-23-16(12-20)13-5-2-1-3-6-13/h1-8,16,21H,9-12H2. The van der Waals surface area contributed by atoms with E-state index < -0.39 is 11.6 Å². The minimum absolute atomic E-state index is 0.0677. The molecule has 5 heteroatoms. The number of aromatic hydroxyl groups is 1. The molecule has 4 nitrogen and oxygen atoms in total. The van der Waals surface area contributed by atoms with Crippen molar-refractivity contribution in [3.8, 4) is 5.75 Å². The Labute approximate surface area is 134 Å². The van der Waals surface area contributed by atoms with Crippen molar-refractivity contribution in [3.63, 3.8) is 0 Å². The van der Waals surface area contributed by atoms with Crippen LogP contribution in [0.25, 0.3) is 0 Å². The summed E-state index contributed by atoms with van der Waals surface area (Å²) >= 11 is 0. The molecule has 0 aliphatic carbocycles. The molecule has 0 aromatic heterocycles. The second-order valence-corrected chi connectivity index (χ2v) is 5.54. The number of phenolic OH excluding ortho intramolecular Hbond substituents is 1. The molecule has 0 saturated carbocycles. The molecule has 1 aliphatic heterocycles. The Bertz CT molecular complexity index is 690. The summed E-state index contributed by atoms with van der Waals surface area (Å²) in [6, 6.07) is 14.0. The zero-order valence-electron chi connectivity index (χ0n) is 12.6. The van der Waals surface area contributed by atoms with Gasteiger partial charge in [0, 0.05) is 12.1 Å². The summed E-state index contributed by atoms with van der Waals surface area (Å²) in [6.07, 6.45) is -0.232. The molecule has 1 N–H and O–H groups in total. The Morgan fingerprint density at radius 2 is 2.00 bits per heavy atom. The number of hydrogen-bond donors (Lipinski definition) is 1. The van der Waals surface area contributed by atoms with E-state index in [-0.39, 0.29) is 24.0 Å². The number of phenols is 1. The van der Waals surface area contributed by atoms with Gasteiger partial charge in [-0.05, 0) is 11.6 Å². The molecular weight excluding hydrogens is 297 g/mol. The summed E-state index contributed by atoms with van der Waals surface area (Å²) in [6.45, 7) is 1.39. The molecule has 0 spiro atoms. The number of carbonyl (C=O) groups excluding carboxylic acids is 1. The van der Waals surface area contributed by atoms with Gasteiger partial charge in [-0.2, -0.15) is 0 Å². The molecule has 2 aromatic rings. The van der Waals surface area contributed by atoms with E-state index in [0.717, 1.165) is 5.56 Å². The Kier molecular flexibility index (Phi) is 4.57. The molecule has 120 valence electrons. The van der Waals surface area contributed by atoms with Crippen LogP contribution in [0.15, 0.2) is 48.5 Å². The topological polar surface area (TPSA) is 49.8 Å². The summed E-state index contributed by atoms with van der Waals surface area (Å²) in [5.41, 5.74) is 1.23. The number of rotatable bonds is 3. The first-order chi connectivity index (χ1) is 11.1. The van der Waals surface area contributed by atoms with E-state index in [4.69, 9.17) is 4.74 Å². The molecule has 1 fully saturated rings. The van der Waals surface area contributed by atoms with Crippen molar-refractivity contribution in [2.24, 2.45) is 0 Å². The van der Waals surface area contributed by atoms with Gasteiger partial charge in [0.15, 0.2) is 11.6 Å². The van der Waals surface area contributed by atoms with Gasteiger partial charge in [0.1, 0.15) is 6.10 Å². The lowest BCUT2D eigenvalue weighted by molar-refractivity contribution is -0.138. The fourth-order valence-corrected chi connectivity index (χ4v) is 2.72. The molecule has 0 radical (unpaired) electrons. The summed E-state index contributed by atoms with van der Waals surface area (Å²) in [5, 5.41) is 9.39. The Morgan fingerprint density at radius 1 is 1.22 bits per heavy atom. The number of morpholine rings is 1. The first-order valence-corrected chi connectivity index (χ1v) is 7.56. The van der Waals surface area contributed by atoms with Gasteiger partial charge in [0.2, 0.25) is 5.91 Å². The lowest BCUT2D eigenvalue weighted by Gasteiger charge is -2.33. The lowest BCUT2D eigenvalue weighted by Crippen LogP contribution is -2.43. The first kappa shape index (κ1) is 15.5. The number of benzene rings is 2. The van der Waals surface area contributed by atoms with Crippen LogP contribution in [0.5, 0.6) is 5.75 Å². The molecule has 1 heterocycles. The van der Waals surface area contributed by atoms with Crippen LogP contribution in [-0.2, 0) is 16.0 Å². The van der Waals surface area contributed by atoms with Gasteiger partial charge < -0.3 is 14.7 Å². The number of halogens is 1. The molecule has 1 unspecified atom stereocenters. The predicted molar refractivity (Wildman–Crippen MR) is 83.5 cm³/mol. The summed E-state index contributed by atoms with van der Waals surface area (Å²) in [7, 11) is 0. The zero-order valence-corrected chi connectivity index (χ0v) is 12.6. The van der Waals surface area contributed by atoms with Gasteiger partial charge in [0.25, 0.3) is 0 Å². The lowest BCUT2D eigenvalue weighted by atomic mass is 10.1. The highest BCUT2D eigenvalue weighted by atomic mass is 19.1. The molecule has 0 bridgehead atoms. The maximum Gasteiger partial charge on any atom is 0.227 e. The fourth-order valence-electron chi connectivity index (χ4n) is 2.72. The maximum absolute atomic E-state index is 13.8. The van der Waals surface area contributed by atoms with Crippen molar-refractivity contribution in [1.82, 2.24) is 4.90 Å². The third kappa shape index (κ3) is 3.51. The average Bonchev–Trinajstić information content (AvgIpc) is 2.60. The van der Waals surface area contributed by atoms with Gasteiger partial charge in [-0.15, -0.1) is 0 Å². The van der Waals surface area contributed by atoms with Crippen LogP contribution in [0.2, 0.25) is 0 Å². The largest absolute Gasteiger partial charge is 0.505 e. The number of amides is 1. The average molecular weight is 315 g/mol. The van der Waals surface area contributed by atoms with Crippen molar-refractivity contribution in [2.75, 3.05) is 19.7 Å². The number of hydrogen-bond acceptors (Lipinski definition) is 3. The van der Waals surface area contributed by atoms with Crippen molar-refractivity contribution < 1.29 is 19.0 Å². The van der Waals surface area contributed by atoms with Crippen molar-refractivity contribution >= 4 is 5.91 Å². The Morgan fingerprint density at radius 3 is 2.78 bits per heavy atom. The predicted octanol–water partition coefficient (Wildman–Crippen LogP) is 2.67. The van der Waals surface area contributed by atoms with Crippen LogP contribution in [0.3, 0.4) is 0 Å². The molecular formula is C18H18FNO3. The van der Waals surface area contributed by atoms with Gasteiger partial charge in [0.05, 0.1) is 19.6 Å². The van der Waals surface area contributed by atoms with Gasteiger partial charge in [-0.1, -0.05) is 42.5 Å². The molecule has 3 rings (SSSR count). The van der Waals surface area contributed by atoms with E-state index in [1.54, 1.807) is 4.90 Å². The van der Waals surface area contributed by atoms with Gasteiger partial charge in [-0.3, -0.25) is 4.79 Å². The van der Waals surface area contributed by atoms with E-state index in [0.29, 0.717) is 19.7 Å². The quantitative estimate of drug-likeness (QED) is 0.947. The third-order valence-electron chi connectivity index (χ3n) is 3.99. The number of carbonyl (C=O) groups is 1. The normalized spacial score (nSPS) is 18.0. The maximum atomic E-state index is 13.8. The smallest absolute Gasteiger partial charge is 0.227 e. The van der Waals surface area contributed by atoms with Crippen molar-refractivity contribution in [2.45, 2.75) is 12.5 Å². The molecule has 1 atom stereocenters. The zero-order chi connectivity index (χ0) is 16.2. The highest BCUT2D eigenvalue weighted by Gasteiger charge is 2.26. The summed E-state index contributed by atoms with van der Waals surface area (Å²) < 4.78 is 19.6. The van der Waals surface area contributed by atoms with Crippen LogP contribution < -0.4 is 0 Å². The van der Waals surface area contributed by atoms with E-state index in [9.17, 15) is 14.3 Å². The van der Waals surface area contributed by atoms with E-state index in [2.05, 4.69) is 0 Å². The van der Waals surface area contributed by atoms with Crippen LogP contribution in [0.4, 0.5) is 4.39 Å². The van der Waals surface area contributed by atoms with Crippen LogP contribution in [0.1, 0.15) is 17.2 Å². The van der Waals surface area contributed by atoms with Crippen LogP contribution in [-0.4, -0.2) is 35.6 Å². The SMILES string of the molecule is O=C(Cc1cccc(O)c1F)N1CCOC(c2ccccc2)C1. The van der Waals surface area contributed by atoms with Crippen molar-refractivity contribution in [3.05, 3.63) is 65.5 Å². The van der Waals surface area contributed by atoms with Crippen LogP contribution >= 0.6 is 0 Å². The second-order valence-electron chi connectivity index (χ2n) is 5.54. The fraction of sp³-hybridized carbons (Fsp3) is 0.278. The molecule has 1 aliphatic rings. The van der Waals surface area contributed by atoms with E-state index >= 15 is 0 Å². The summed E-state index contributed by atoms with van der Waals surface area (Å²) in [4.78, 5) is 14.1. The first-order valence-electron chi connectivity index (χ1n) is 7.56. The minimum Gasteiger partial charge on any atom is -0.505 e. The third-order valence-corrected chi connectivity index (χ3v) is 3.99. The number of ether oxygens (including phenoxy) is 1. The second kappa shape index (κ2) is 6.79. The van der Waals surface area contributed by atoms with Gasteiger partial charge >= 0.3 is 0 Å². The molecule has 1 amide bonds. The Balaban J connectivity index is 1.69.